The number of rotatable bonds is 4. The van der Waals surface area contributed by atoms with Gasteiger partial charge in [0.05, 0.1) is 5.52 Å². The minimum atomic E-state index is 1.10. The maximum absolute atomic E-state index is 4.40. The molecule has 0 radical (unpaired) electrons. The molecule has 0 aliphatic heterocycles. The third-order valence-electron chi connectivity index (χ3n) is 2.29. The van der Waals surface area contributed by atoms with Gasteiger partial charge in [-0.2, -0.15) is 0 Å². The van der Waals surface area contributed by atoms with Crippen LogP contribution >= 0.6 is 23.5 Å². The van der Waals surface area contributed by atoms with Crippen LogP contribution in [0.15, 0.2) is 40.3 Å². The Bertz CT molecular complexity index is 482. The van der Waals surface area contributed by atoms with Crippen molar-refractivity contribution in [1.29, 1.82) is 0 Å². The first-order chi connectivity index (χ1) is 7.86. The maximum Gasteiger partial charge on any atom is 0.0714 e. The molecule has 0 aliphatic rings. The first-order valence-electron chi connectivity index (χ1n) is 5.50. The van der Waals surface area contributed by atoms with E-state index in [2.05, 4.69) is 37.0 Å². The summed E-state index contributed by atoms with van der Waals surface area (Å²) in [6.07, 6.45) is 1.86. The van der Waals surface area contributed by atoms with Crippen molar-refractivity contribution >= 4 is 34.4 Å². The molecule has 3 heteroatoms. The van der Waals surface area contributed by atoms with Gasteiger partial charge in [0, 0.05) is 21.4 Å². The van der Waals surface area contributed by atoms with Crippen molar-refractivity contribution in [1.82, 2.24) is 4.98 Å². The summed E-state index contributed by atoms with van der Waals surface area (Å²) in [4.78, 5) is 7.18. The lowest BCUT2D eigenvalue weighted by molar-refractivity contribution is 1.26. The van der Waals surface area contributed by atoms with E-state index in [4.69, 9.17) is 0 Å². The zero-order valence-corrected chi connectivity index (χ0v) is 11.2. The van der Waals surface area contributed by atoms with Crippen LogP contribution in [-0.4, -0.2) is 16.5 Å². The van der Waals surface area contributed by atoms with Gasteiger partial charge in [-0.15, -0.1) is 23.5 Å². The van der Waals surface area contributed by atoms with Crippen LogP contribution in [0.2, 0.25) is 0 Å². The van der Waals surface area contributed by atoms with Gasteiger partial charge in [-0.05, 0) is 29.7 Å². The van der Waals surface area contributed by atoms with Crippen molar-refractivity contribution in [2.24, 2.45) is 0 Å². The van der Waals surface area contributed by atoms with E-state index in [1.807, 2.05) is 35.8 Å². The molecule has 0 bridgehead atoms. The second kappa shape index (κ2) is 5.60. The van der Waals surface area contributed by atoms with E-state index in [0.29, 0.717) is 0 Å². The van der Waals surface area contributed by atoms with Crippen LogP contribution in [0.4, 0.5) is 0 Å². The molecule has 0 saturated heterocycles. The van der Waals surface area contributed by atoms with Gasteiger partial charge in [0.1, 0.15) is 0 Å². The third kappa shape index (κ3) is 2.36. The Hall–Kier alpha value is -0.670. The largest absolute Gasteiger partial charge is 0.256 e. The molecule has 0 N–H and O–H groups in total. The van der Waals surface area contributed by atoms with Crippen LogP contribution in [-0.2, 0) is 0 Å². The highest BCUT2D eigenvalue weighted by Gasteiger charge is 2.07. The van der Waals surface area contributed by atoms with Gasteiger partial charge >= 0.3 is 0 Å². The van der Waals surface area contributed by atoms with Crippen molar-refractivity contribution in [2.45, 2.75) is 23.6 Å². The highest BCUT2D eigenvalue weighted by Crippen LogP contribution is 2.36. The van der Waals surface area contributed by atoms with Gasteiger partial charge in [0.2, 0.25) is 0 Å². The second-order valence-electron chi connectivity index (χ2n) is 3.33. The normalized spacial score (nSPS) is 10.9. The zero-order valence-electron chi connectivity index (χ0n) is 9.56. The van der Waals surface area contributed by atoms with Gasteiger partial charge in [-0.25, -0.2) is 0 Å². The fraction of sp³-hybridized carbons (Fsp3) is 0.308. The molecule has 1 aromatic heterocycles. The first-order valence-corrected chi connectivity index (χ1v) is 7.47. The van der Waals surface area contributed by atoms with Crippen molar-refractivity contribution in [3.05, 3.63) is 30.5 Å². The van der Waals surface area contributed by atoms with Crippen LogP contribution in [0, 0.1) is 0 Å². The van der Waals surface area contributed by atoms with E-state index in [0.717, 1.165) is 17.0 Å². The monoisotopic (exact) mass is 249 g/mol. The number of aromatic nitrogens is 1. The lowest BCUT2D eigenvalue weighted by atomic mass is 10.2. The van der Waals surface area contributed by atoms with Gasteiger partial charge in [0.25, 0.3) is 0 Å². The maximum atomic E-state index is 4.40. The number of hydrogen-bond donors (Lipinski definition) is 0. The number of fused-ring (bicyclic) bond motifs is 1. The van der Waals surface area contributed by atoms with E-state index in [-0.39, 0.29) is 0 Å². The lowest BCUT2D eigenvalue weighted by Gasteiger charge is -2.10. The summed E-state index contributed by atoms with van der Waals surface area (Å²) in [5, 5.41) is 1.28. The highest BCUT2D eigenvalue weighted by atomic mass is 32.2. The highest BCUT2D eigenvalue weighted by molar-refractivity contribution is 8.02. The second-order valence-corrected chi connectivity index (χ2v) is 5.91. The summed E-state index contributed by atoms with van der Waals surface area (Å²) in [5.74, 6) is 2.22. The number of pyridine rings is 1. The summed E-state index contributed by atoms with van der Waals surface area (Å²) in [5.41, 5.74) is 1.10. The predicted molar refractivity (Wildman–Crippen MR) is 74.5 cm³/mol. The summed E-state index contributed by atoms with van der Waals surface area (Å²) in [6, 6.07) is 8.50. The SMILES string of the molecule is CCSc1ccc2ncccc2c1SCC. The Morgan fingerprint density at radius 2 is 1.88 bits per heavy atom. The molecule has 1 heterocycles. The Morgan fingerprint density at radius 1 is 1.06 bits per heavy atom. The summed E-state index contributed by atoms with van der Waals surface area (Å²) in [7, 11) is 0. The summed E-state index contributed by atoms with van der Waals surface area (Å²) >= 11 is 3.82. The molecule has 84 valence electrons. The Morgan fingerprint density at radius 3 is 2.62 bits per heavy atom. The zero-order chi connectivity index (χ0) is 11.4. The summed E-state index contributed by atoms with van der Waals surface area (Å²) in [6.45, 7) is 4.39. The topological polar surface area (TPSA) is 12.9 Å². The van der Waals surface area contributed by atoms with Crippen molar-refractivity contribution < 1.29 is 0 Å². The Kier molecular flexibility index (Phi) is 4.13. The molecular formula is C13H15NS2. The minimum absolute atomic E-state index is 1.10. The van der Waals surface area contributed by atoms with Crippen molar-refractivity contribution in [3.63, 3.8) is 0 Å². The van der Waals surface area contributed by atoms with Crippen LogP contribution in [0.5, 0.6) is 0 Å². The third-order valence-corrected chi connectivity index (χ3v) is 4.37. The Balaban J connectivity index is 2.58. The summed E-state index contributed by atoms with van der Waals surface area (Å²) < 4.78 is 0. The number of thioether (sulfide) groups is 2. The molecule has 1 aromatic carbocycles. The van der Waals surface area contributed by atoms with E-state index in [1.165, 1.54) is 15.2 Å². The molecule has 0 fully saturated rings. The molecule has 0 unspecified atom stereocenters. The van der Waals surface area contributed by atoms with Crippen LogP contribution in [0.1, 0.15) is 13.8 Å². The van der Waals surface area contributed by atoms with Crippen LogP contribution in [0.3, 0.4) is 0 Å². The van der Waals surface area contributed by atoms with Gasteiger partial charge in [0.15, 0.2) is 0 Å². The van der Waals surface area contributed by atoms with Crippen LogP contribution in [0.25, 0.3) is 10.9 Å². The van der Waals surface area contributed by atoms with Gasteiger partial charge in [-0.1, -0.05) is 19.9 Å². The van der Waals surface area contributed by atoms with Gasteiger partial charge in [-0.3, -0.25) is 4.98 Å². The molecule has 0 amide bonds. The average molecular weight is 249 g/mol. The number of benzene rings is 1. The molecule has 2 rings (SSSR count). The number of hydrogen-bond acceptors (Lipinski definition) is 3. The molecular weight excluding hydrogens is 234 g/mol. The molecule has 0 spiro atoms. The van der Waals surface area contributed by atoms with Crippen molar-refractivity contribution in [2.75, 3.05) is 11.5 Å². The smallest absolute Gasteiger partial charge is 0.0714 e. The van der Waals surface area contributed by atoms with Crippen molar-refractivity contribution in [3.8, 4) is 0 Å². The van der Waals surface area contributed by atoms with E-state index < -0.39 is 0 Å². The molecule has 0 aliphatic carbocycles. The lowest BCUT2D eigenvalue weighted by Crippen LogP contribution is -1.86. The quantitative estimate of drug-likeness (QED) is 0.743. The van der Waals surface area contributed by atoms with Crippen LogP contribution < -0.4 is 0 Å². The van der Waals surface area contributed by atoms with Gasteiger partial charge < -0.3 is 0 Å². The molecule has 16 heavy (non-hydrogen) atoms. The fourth-order valence-electron chi connectivity index (χ4n) is 1.67. The molecule has 0 saturated carbocycles. The fourth-order valence-corrected chi connectivity index (χ4v) is 3.56. The first kappa shape index (κ1) is 11.8. The van der Waals surface area contributed by atoms with E-state index in [9.17, 15) is 0 Å². The number of nitrogens with zero attached hydrogens (tertiary/aromatic N) is 1. The standard InChI is InChI=1S/C13H15NS2/c1-3-15-12-8-7-11-10(6-5-9-14-11)13(12)16-4-2/h5-9H,3-4H2,1-2H3. The predicted octanol–water partition coefficient (Wildman–Crippen LogP) is 4.46. The minimum Gasteiger partial charge on any atom is -0.256 e. The Labute approximate surface area is 105 Å². The van der Waals surface area contributed by atoms with E-state index in [1.54, 1.807) is 0 Å². The molecule has 2 aromatic rings. The van der Waals surface area contributed by atoms with E-state index >= 15 is 0 Å². The molecule has 0 atom stereocenters. The molecule has 1 nitrogen and oxygen atoms in total. The average Bonchev–Trinajstić information content (AvgIpc) is 2.32.